The fraction of sp³-hybridized carbons (Fsp3) is 0.529. The molecule has 0 radical (unpaired) electrons. The van der Waals surface area contributed by atoms with Crippen LogP contribution >= 0.6 is 22.7 Å². The molecule has 0 nitrogen and oxygen atoms in total. The molecule has 0 aromatic carbocycles. The summed E-state index contributed by atoms with van der Waals surface area (Å²) in [6, 6.07) is 9.61. The maximum atomic E-state index is 2.41. The summed E-state index contributed by atoms with van der Waals surface area (Å²) < 4.78 is 0. The fourth-order valence-corrected chi connectivity index (χ4v) is 5.92. The first-order chi connectivity index (χ1) is 9.40. The number of hydrogen-bond donors (Lipinski definition) is 0. The van der Waals surface area contributed by atoms with E-state index in [1.807, 2.05) is 0 Å². The predicted octanol–water partition coefficient (Wildman–Crippen LogP) is 5.74. The summed E-state index contributed by atoms with van der Waals surface area (Å²) in [7, 11) is 0. The van der Waals surface area contributed by atoms with Crippen molar-refractivity contribution < 1.29 is 0 Å². The maximum Gasteiger partial charge on any atom is 0.00855 e. The third kappa shape index (κ3) is 2.30. The van der Waals surface area contributed by atoms with Crippen LogP contribution in [0, 0.1) is 0 Å². The molecule has 2 heteroatoms. The van der Waals surface area contributed by atoms with Crippen LogP contribution < -0.4 is 0 Å². The lowest BCUT2D eigenvalue weighted by molar-refractivity contribution is 0.356. The van der Waals surface area contributed by atoms with Gasteiger partial charge in [-0.1, -0.05) is 6.42 Å². The van der Waals surface area contributed by atoms with Gasteiger partial charge in [-0.15, -0.1) is 22.7 Å². The predicted molar refractivity (Wildman–Crippen MR) is 84.6 cm³/mol. The van der Waals surface area contributed by atoms with Gasteiger partial charge >= 0.3 is 0 Å². The highest BCUT2D eigenvalue weighted by atomic mass is 32.1. The van der Waals surface area contributed by atoms with E-state index in [1.165, 1.54) is 44.9 Å². The fourth-order valence-electron chi connectivity index (χ4n) is 3.41. The van der Waals surface area contributed by atoms with Crippen LogP contribution in [-0.2, 0) is 12.8 Å². The summed E-state index contributed by atoms with van der Waals surface area (Å²) >= 11 is 4.18. The Morgan fingerprint density at radius 2 is 1.21 bits per heavy atom. The molecule has 0 spiro atoms. The second-order valence-electron chi connectivity index (χ2n) is 5.96. The molecule has 2 aliphatic rings. The van der Waals surface area contributed by atoms with E-state index in [0.29, 0.717) is 0 Å². The molecule has 2 aromatic rings. The van der Waals surface area contributed by atoms with E-state index < -0.39 is 0 Å². The van der Waals surface area contributed by atoms with Gasteiger partial charge in [0.05, 0.1) is 0 Å². The lowest BCUT2D eigenvalue weighted by atomic mass is 9.72. The third-order valence-electron chi connectivity index (χ3n) is 4.72. The molecular weight excluding hydrogens is 268 g/mol. The molecule has 19 heavy (non-hydrogen) atoms. The molecule has 2 aromatic heterocycles. The molecular formula is C17H20S2. The average molecular weight is 288 g/mol. The van der Waals surface area contributed by atoms with E-state index in [9.17, 15) is 0 Å². The monoisotopic (exact) mass is 288 g/mol. The zero-order valence-electron chi connectivity index (χ0n) is 11.2. The lowest BCUT2D eigenvalue weighted by Crippen LogP contribution is -2.19. The van der Waals surface area contributed by atoms with Crippen molar-refractivity contribution in [2.75, 3.05) is 0 Å². The molecule has 0 saturated heterocycles. The van der Waals surface area contributed by atoms with Gasteiger partial charge < -0.3 is 0 Å². The Morgan fingerprint density at radius 3 is 1.68 bits per heavy atom. The molecule has 3 heterocycles. The van der Waals surface area contributed by atoms with Gasteiger partial charge in [0.2, 0.25) is 0 Å². The van der Waals surface area contributed by atoms with Crippen LogP contribution in [0.4, 0.5) is 0 Å². The number of fused-ring (bicyclic) bond motifs is 7. The van der Waals surface area contributed by atoms with Gasteiger partial charge in [-0.25, -0.2) is 0 Å². The second-order valence-corrected chi connectivity index (χ2v) is 8.36. The van der Waals surface area contributed by atoms with Crippen molar-refractivity contribution in [2.45, 2.75) is 56.8 Å². The summed E-state index contributed by atoms with van der Waals surface area (Å²) in [4.78, 5) is 6.54. The Kier molecular flexibility index (Phi) is 3.24. The highest BCUT2D eigenvalue weighted by Gasteiger charge is 2.35. The molecule has 2 unspecified atom stereocenters. The molecule has 1 saturated carbocycles. The number of rotatable bonds is 0. The molecule has 0 amide bonds. The van der Waals surface area contributed by atoms with Crippen molar-refractivity contribution in [1.82, 2.24) is 0 Å². The van der Waals surface area contributed by atoms with Crippen molar-refractivity contribution in [2.24, 2.45) is 0 Å². The summed E-state index contributed by atoms with van der Waals surface area (Å²) in [5, 5.41) is 0. The highest BCUT2D eigenvalue weighted by molar-refractivity contribution is 7.12. The van der Waals surface area contributed by atoms with Gasteiger partial charge in [0, 0.05) is 31.3 Å². The van der Waals surface area contributed by atoms with Gasteiger partial charge in [-0.05, 0) is 62.8 Å². The van der Waals surface area contributed by atoms with Crippen molar-refractivity contribution in [3.8, 4) is 0 Å². The van der Waals surface area contributed by atoms with Crippen molar-refractivity contribution in [1.29, 1.82) is 0 Å². The maximum absolute atomic E-state index is 2.41. The average Bonchev–Trinajstić information content (AvgIpc) is 2.97. The van der Waals surface area contributed by atoms with E-state index in [1.54, 1.807) is 19.5 Å². The smallest absolute Gasteiger partial charge is 0.00855 e. The van der Waals surface area contributed by atoms with Crippen LogP contribution in [0.25, 0.3) is 0 Å². The van der Waals surface area contributed by atoms with E-state index in [4.69, 9.17) is 0 Å². The Balaban J connectivity index is 1.67. The number of aryl methyl sites for hydroxylation is 2. The van der Waals surface area contributed by atoms with Crippen LogP contribution in [0.3, 0.4) is 0 Å². The molecule has 0 N–H and O–H groups in total. The van der Waals surface area contributed by atoms with Crippen LogP contribution in [-0.4, -0.2) is 0 Å². The van der Waals surface area contributed by atoms with Gasteiger partial charge in [-0.2, -0.15) is 0 Å². The van der Waals surface area contributed by atoms with Gasteiger partial charge in [0.1, 0.15) is 0 Å². The van der Waals surface area contributed by atoms with Crippen LogP contribution in [0.5, 0.6) is 0 Å². The van der Waals surface area contributed by atoms with Crippen molar-refractivity contribution in [3.63, 3.8) is 0 Å². The van der Waals surface area contributed by atoms with E-state index in [2.05, 4.69) is 46.9 Å². The summed E-state index contributed by atoms with van der Waals surface area (Å²) in [6.45, 7) is 0. The first-order valence-corrected chi connectivity index (χ1v) is 9.21. The Hall–Kier alpha value is -0.600. The van der Waals surface area contributed by atoms with Gasteiger partial charge in [-0.3, -0.25) is 0 Å². The topological polar surface area (TPSA) is 0 Å². The Morgan fingerprint density at radius 1 is 0.684 bits per heavy atom. The molecule has 4 rings (SSSR count). The SMILES string of the molecule is c1cc2sc1CCCCCc1ccc(s1)C1CCC21. The summed E-state index contributed by atoms with van der Waals surface area (Å²) in [5.74, 6) is 1.65. The molecule has 1 aliphatic heterocycles. The van der Waals surface area contributed by atoms with E-state index >= 15 is 0 Å². The van der Waals surface area contributed by atoms with E-state index in [0.717, 1.165) is 11.8 Å². The summed E-state index contributed by atoms with van der Waals surface area (Å²) in [5.41, 5.74) is 0. The standard InChI is InChI=1S/C17H20S2/c1-2-4-12-6-10-16(18-12)14-8-9-15(14)17-11-7-13(19-17)5-3-1/h6-7,10-11,14-15H,1-5,8-9H2. The van der Waals surface area contributed by atoms with Crippen LogP contribution in [0.1, 0.15) is 63.4 Å². The molecule has 1 aliphatic carbocycles. The normalized spacial score (nSPS) is 26.5. The minimum Gasteiger partial charge on any atom is -0.145 e. The molecule has 4 bridgehead atoms. The second kappa shape index (κ2) is 5.06. The Labute approximate surface area is 123 Å². The van der Waals surface area contributed by atoms with Crippen molar-refractivity contribution >= 4 is 22.7 Å². The van der Waals surface area contributed by atoms with Crippen LogP contribution in [0.15, 0.2) is 24.3 Å². The first kappa shape index (κ1) is 12.2. The molecule has 100 valence electrons. The van der Waals surface area contributed by atoms with Gasteiger partial charge in [0.15, 0.2) is 0 Å². The first-order valence-electron chi connectivity index (χ1n) is 7.57. The summed E-state index contributed by atoms with van der Waals surface area (Å²) in [6.07, 6.45) is 9.52. The van der Waals surface area contributed by atoms with Gasteiger partial charge in [0.25, 0.3) is 0 Å². The number of hydrogen-bond acceptors (Lipinski definition) is 2. The number of thiophene rings is 2. The minimum atomic E-state index is 0.825. The molecule has 2 atom stereocenters. The zero-order chi connectivity index (χ0) is 12.7. The third-order valence-corrected chi connectivity index (χ3v) is 7.27. The largest absolute Gasteiger partial charge is 0.145 e. The molecule has 1 fully saturated rings. The van der Waals surface area contributed by atoms with E-state index in [-0.39, 0.29) is 0 Å². The minimum absolute atomic E-state index is 0.825. The highest BCUT2D eigenvalue weighted by Crippen LogP contribution is 2.52. The lowest BCUT2D eigenvalue weighted by Gasteiger charge is -2.35. The van der Waals surface area contributed by atoms with Crippen molar-refractivity contribution in [3.05, 3.63) is 43.8 Å². The zero-order valence-corrected chi connectivity index (χ0v) is 12.9. The Bertz CT molecular complexity index is 513. The van der Waals surface area contributed by atoms with Crippen LogP contribution in [0.2, 0.25) is 0 Å². The quantitative estimate of drug-likeness (QED) is 0.580.